The fourth-order valence-corrected chi connectivity index (χ4v) is 2.92. The zero-order valence-electron chi connectivity index (χ0n) is 12.6. The van der Waals surface area contributed by atoms with Gasteiger partial charge in [-0.2, -0.15) is 0 Å². The summed E-state index contributed by atoms with van der Waals surface area (Å²) in [5.74, 6) is 0.303. The van der Waals surface area contributed by atoms with E-state index in [1.165, 1.54) is 0 Å². The molecule has 0 radical (unpaired) electrons. The molecule has 1 N–H and O–H groups in total. The minimum absolute atomic E-state index is 0.186. The average Bonchev–Trinajstić information content (AvgIpc) is 3.01. The molecule has 0 spiro atoms. The molecule has 0 bridgehead atoms. The first-order valence-electron chi connectivity index (χ1n) is 7.10. The number of amides is 1. The topological polar surface area (TPSA) is 68.5 Å². The van der Waals surface area contributed by atoms with Crippen LogP contribution in [0.2, 0.25) is 0 Å². The smallest absolute Gasteiger partial charge is 0.341 e. The molecule has 2 aromatic rings. The fourth-order valence-electron chi connectivity index (χ4n) is 2.43. The van der Waals surface area contributed by atoms with E-state index >= 15 is 0 Å². The summed E-state index contributed by atoms with van der Waals surface area (Å²) >= 11 is 2.20. The third-order valence-electron chi connectivity index (χ3n) is 3.48. The maximum Gasteiger partial charge on any atom is 0.341 e. The van der Waals surface area contributed by atoms with Crippen LogP contribution in [0.3, 0.4) is 0 Å². The lowest BCUT2D eigenvalue weighted by atomic mass is 10.1. The summed E-state index contributed by atoms with van der Waals surface area (Å²) in [6.45, 7) is 3.74. The highest BCUT2D eigenvalue weighted by molar-refractivity contribution is 14.1. The number of carbonyl (C=O) groups excluding carboxylic acids is 2. The Kier molecular flexibility index (Phi) is 4.25. The molecule has 0 aliphatic carbocycles. The fraction of sp³-hybridized carbons (Fsp3) is 0.176. The van der Waals surface area contributed by atoms with Gasteiger partial charge in [-0.1, -0.05) is 0 Å². The second kappa shape index (κ2) is 6.19. The van der Waals surface area contributed by atoms with E-state index < -0.39 is 5.97 Å². The zero-order valence-corrected chi connectivity index (χ0v) is 14.8. The molecule has 1 aliphatic heterocycles. The molecule has 3 rings (SSSR count). The van der Waals surface area contributed by atoms with Crippen LogP contribution in [-0.4, -0.2) is 18.5 Å². The number of aryl methyl sites for hydroxylation is 1. The van der Waals surface area contributed by atoms with Crippen LogP contribution >= 0.6 is 22.6 Å². The summed E-state index contributed by atoms with van der Waals surface area (Å²) in [5, 5.41) is 2.82. The highest BCUT2D eigenvalue weighted by Crippen LogP contribution is 2.34. The van der Waals surface area contributed by atoms with Gasteiger partial charge in [0.2, 0.25) is 0 Å². The molecule has 6 heteroatoms. The third-order valence-corrected chi connectivity index (χ3v) is 4.15. The van der Waals surface area contributed by atoms with Crippen molar-refractivity contribution in [1.29, 1.82) is 0 Å². The number of nitrogens with one attached hydrogen (secondary N) is 1. The molecular weight excluding hydrogens is 409 g/mol. The molecule has 0 unspecified atom stereocenters. The monoisotopic (exact) mass is 423 g/mol. The van der Waals surface area contributed by atoms with E-state index in [2.05, 4.69) is 27.9 Å². The van der Waals surface area contributed by atoms with E-state index in [4.69, 9.17) is 9.15 Å². The lowest BCUT2D eigenvalue weighted by Crippen LogP contribution is -2.04. The number of fused-ring (bicyclic) bond motifs is 1. The highest BCUT2D eigenvalue weighted by Gasteiger charge is 2.25. The average molecular weight is 423 g/mol. The van der Waals surface area contributed by atoms with Gasteiger partial charge in [0.15, 0.2) is 0 Å². The molecule has 23 heavy (non-hydrogen) atoms. The predicted octanol–water partition coefficient (Wildman–Crippen LogP) is 3.86. The number of anilines is 1. The Labute approximate surface area is 146 Å². The standard InChI is InChI=1S/C17H14INO4/c1-3-22-17(21)12-7-11(23-9(12)2)8-14-13-6-10(18)4-5-15(13)19-16(14)20/h4-8H,3H2,1-2H3,(H,19,20). The number of carbonyl (C=O) groups is 2. The van der Waals surface area contributed by atoms with E-state index in [1.807, 2.05) is 18.2 Å². The molecule has 1 aromatic heterocycles. The number of furan rings is 1. The van der Waals surface area contributed by atoms with Gasteiger partial charge in [0.1, 0.15) is 17.1 Å². The summed E-state index contributed by atoms with van der Waals surface area (Å²) in [6, 6.07) is 7.33. The molecule has 5 nitrogen and oxygen atoms in total. The van der Waals surface area contributed by atoms with Crippen molar-refractivity contribution >= 4 is 51.8 Å². The van der Waals surface area contributed by atoms with Gasteiger partial charge in [0, 0.05) is 14.8 Å². The van der Waals surface area contributed by atoms with Crippen molar-refractivity contribution in [2.45, 2.75) is 13.8 Å². The van der Waals surface area contributed by atoms with Gasteiger partial charge in [-0.3, -0.25) is 4.79 Å². The Morgan fingerprint density at radius 1 is 1.39 bits per heavy atom. The molecule has 0 saturated carbocycles. The molecule has 2 heterocycles. The molecule has 0 fully saturated rings. The maximum atomic E-state index is 12.2. The zero-order chi connectivity index (χ0) is 16.6. The summed E-state index contributed by atoms with van der Waals surface area (Å²) in [7, 11) is 0. The first-order valence-corrected chi connectivity index (χ1v) is 8.18. The number of hydrogen-bond acceptors (Lipinski definition) is 4. The van der Waals surface area contributed by atoms with Crippen LogP contribution in [0.4, 0.5) is 5.69 Å². The normalized spacial score (nSPS) is 14.7. The van der Waals surface area contributed by atoms with Crippen molar-refractivity contribution in [3.05, 3.63) is 50.5 Å². The number of ether oxygens (including phenoxy) is 1. The van der Waals surface area contributed by atoms with Crippen LogP contribution in [0.1, 0.15) is 34.4 Å². The molecule has 118 valence electrons. The molecule has 0 saturated heterocycles. The predicted molar refractivity (Wildman–Crippen MR) is 95.1 cm³/mol. The van der Waals surface area contributed by atoms with Gasteiger partial charge in [-0.25, -0.2) is 4.79 Å². The number of rotatable bonds is 3. The Hall–Kier alpha value is -2.09. The minimum Gasteiger partial charge on any atom is -0.462 e. The highest BCUT2D eigenvalue weighted by atomic mass is 127. The van der Waals surface area contributed by atoms with Gasteiger partial charge < -0.3 is 14.5 Å². The first-order chi connectivity index (χ1) is 11.0. The third kappa shape index (κ3) is 3.03. The van der Waals surface area contributed by atoms with E-state index in [1.54, 1.807) is 26.0 Å². The second-order valence-corrected chi connectivity index (χ2v) is 6.29. The Balaban J connectivity index is 2.00. The molecule has 1 aromatic carbocycles. The number of halogens is 1. The lowest BCUT2D eigenvalue weighted by molar-refractivity contribution is -0.110. The maximum absolute atomic E-state index is 12.2. The summed E-state index contributed by atoms with van der Waals surface area (Å²) in [4.78, 5) is 24.0. The van der Waals surface area contributed by atoms with Gasteiger partial charge in [-0.05, 0) is 66.8 Å². The summed E-state index contributed by atoms with van der Waals surface area (Å²) < 4.78 is 11.6. The van der Waals surface area contributed by atoms with Crippen LogP contribution in [0, 0.1) is 10.5 Å². The number of hydrogen-bond donors (Lipinski definition) is 1. The van der Waals surface area contributed by atoms with E-state index in [0.717, 1.165) is 14.8 Å². The summed E-state index contributed by atoms with van der Waals surface area (Å²) in [5.41, 5.74) is 2.49. The van der Waals surface area contributed by atoms with Gasteiger partial charge in [-0.15, -0.1) is 0 Å². The van der Waals surface area contributed by atoms with Crippen molar-refractivity contribution in [3.8, 4) is 0 Å². The number of esters is 1. The van der Waals surface area contributed by atoms with Crippen molar-refractivity contribution in [3.63, 3.8) is 0 Å². The molecule has 1 aliphatic rings. The SMILES string of the molecule is CCOC(=O)c1cc(C=C2C(=O)Nc3ccc(I)cc32)oc1C. The Morgan fingerprint density at radius 3 is 2.91 bits per heavy atom. The van der Waals surface area contributed by atoms with Crippen LogP contribution < -0.4 is 5.32 Å². The van der Waals surface area contributed by atoms with E-state index in [-0.39, 0.29) is 5.91 Å². The minimum atomic E-state index is -0.427. The van der Waals surface area contributed by atoms with Crippen LogP contribution in [-0.2, 0) is 9.53 Å². The van der Waals surface area contributed by atoms with Crippen molar-refractivity contribution in [2.24, 2.45) is 0 Å². The number of benzene rings is 1. The molecular formula is C17H14INO4. The Morgan fingerprint density at radius 2 is 2.17 bits per heavy atom. The molecule has 1 amide bonds. The van der Waals surface area contributed by atoms with Crippen molar-refractivity contribution < 1.29 is 18.7 Å². The largest absolute Gasteiger partial charge is 0.462 e. The van der Waals surface area contributed by atoms with Crippen LogP contribution in [0.15, 0.2) is 28.7 Å². The lowest BCUT2D eigenvalue weighted by Gasteiger charge is -1.98. The van der Waals surface area contributed by atoms with E-state index in [9.17, 15) is 9.59 Å². The van der Waals surface area contributed by atoms with Crippen molar-refractivity contribution in [1.82, 2.24) is 0 Å². The first kappa shape index (κ1) is 15.8. The van der Waals surface area contributed by atoms with Gasteiger partial charge in [0.05, 0.1) is 12.2 Å². The van der Waals surface area contributed by atoms with Crippen molar-refractivity contribution in [2.75, 3.05) is 11.9 Å². The van der Waals surface area contributed by atoms with Gasteiger partial charge in [0.25, 0.3) is 5.91 Å². The van der Waals surface area contributed by atoms with Crippen LogP contribution in [0.25, 0.3) is 11.6 Å². The van der Waals surface area contributed by atoms with Crippen LogP contribution in [0.5, 0.6) is 0 Å². The van der Waals surface area contributed by atoms with Gasteiger partial charge >= 0.3 is 5.97 Å². The second-order valence-electron chi connectivity index (χ2n) is 5.04. The quantitative estimate of drug-likeness (QED) is 0.463. The van der Waals surface area contributed by atoms with E-state index in [0.29, 0.717) is 29.3 Å². The Bertz CT molecular complexity index is 835. The summed E-state index contributed by atoms with van der Waals surface area (Å²) in [6.07, 6.45) is 1.65. The molecule has 0 atom stereocenters.